The fourth-order valence-corrected chi connectivity index (χ4v) is 2.25. The van der Waals surface area contributed by atoms with E-state index in [4.69, 9.17) is 9.15 Å². The second-order valence-electron chi connectivity index (χ2n) is 4.91. The number of fused-ring (bicyclic) bond motifs is 1. The lowest BCUT2D eigenvalue weighted by atomic mass is 10.1. The van der Waals surface area contributed by atoms with Gasteiger partial charge in [-0.2, -0.15) is 0 Å². The van der Waals surface area contributed by atoms with E-state index in [1.807, 2.05) is 0 Å². The van der Waals surface area contributed by atoms with E-state index in [9.17, 15) is 14.7 Å². The van der Waals surface area contributed by atoms with Crippen LogP contribution < -0.4 is 10.7 Å². The summed E-state index contributed by atoms with van der Waals surface area (Å²) in [5, 5.41) is 12.6. The number of rotatable bonds is 3. The van der Waals surface area contributed by atoms with Gasteiger partial charge in [0.2, 0.25) is 5.71 Å². The maximum absolute atomic E-state index is 12.2. The van der Waals surface area contributed by atoms with Gasteiger partial charge in [0.15, 0.2) is 5.43 Å². The Morgan fingerprint density at radius 2 is 2.17 bits per heavy atom. The average Bonchev–Trinajstić information content (AvgIpc) is 2.56. The van der Waals surface area contributed by atoms with E-state index >= 15 is 0 Å². The minimum absolute atomic E-state index is 0.0387. The predicted octanol–water partition coefficient (Wildman–Crippen LogP) is 3.13. The molecule has 1 aromatic carbocycles. The van der Waals surface area contributed by atoms with Crippen molar-refractivity contribution in [2.24, 2.45) is 0 Å². The van der Waals surface area contributed by atoms with Crippen molar-refractivity contribution in [1.29, 1.82) is 0 Å². The molecule has 122 valence electrons. The highest BCUT2D eigenvalue weighted by Crippen LogP contribution is 2.32. The zero-order chi connectivity index (χ0) is 17.1. The van der Waals surface area contributed by atoms with E-state index in [0.29, 0.717) is 16.6 Å². The first kappa shape index (κ1) is 15.5. The summed E-state index contributed by atoms with van der Waals surface area (Å²) in [6.45, 7) is 1.90. The SMILES string of the molecule is CCOC(=O)Nc1ccc(O)cc1-c1cc(=O)c2cccnc2o1. The van der Waals surface area contributed by atoms with Gasteiger partial charge in [-0.05, 0) is 37.3 Å². The Hall–Kier alpha value is -3.35. The fraction of sp³-hybridized carbons (Fsp3) is 0.118. The summed E-state index contributed by atoms with van der Waals surface area (Å²) in [6.07, 6.45) is 0.862. The lowest BCUT2D eigenvalue weighted by Crippen LogP contribution is -2.14. The number of phenolic OH excluding ortho intramolecular Hbond substituents is 1. The molecule has 2 aromatic heterocycles. The van der Waals surface area contributed by atoms with Crippen LogP contribution in [0.4, 0.5) is 10.5 Å². The summed E-state index contributed by atoms with van der Waals surface area (Å²) in [5.41, 5.74) is 0.576. The van der Waals surface area contributed by atoms with E-state index in [2.05, 4.69) is 10.3 Å². The van der Waals surface area contributed by atoms with Gasteiger partial charge in [0.25, 0.3) is 0 Å². The largest absolute Gasteiger partial charge is 0.508 e. The van der Waals surface area contributed by atoms with Crippen LogP contribution in [0, 0.1) is 0 Å². The van der Waals surface area contributed by atoms with Crippen LogP contribution in [0.3, 0.4) is 0 Å². The zero-order valence-electron chi connectivity index (χ0n) is 12.8. The fourth-order valence-electron chi connectivity index (χ4n) is 2.25. The lowest BCUT2D eigenvalue weighted by molar-refractivity contribution is 0.168. The highest BCUT2D eigenvalue weighted by Gasteiger charge is 2.14. The van der Waals surface area contributed by atoms with Gasteiger partial charge in [-0.15, -0.1) is 0 Å². The molecule has 0 atom stereocenters. The molecule has 7 nitrogen and oxygen atoms in total. The number of hydrogen-bond acceptors (Lipinski definition) is 6. The molecule has 2 N–H and O–H groups in total. The summed E-state index contributed by atoms with van der Waals surface area (Å²) in [6, 6.07) is 8.82. The number of aromatic hydroxyl groups is 1. The Bertz CT molecular complexity index is 965. The third-order valence-corrected chi connectivity index (χ3v) is 3.29. The van der Waals surface area contributed by atoms with Crippen LogP contribution in [-0.2, 0) is 4.74 Å². The predicted molar refractivity (Wildman–Crippen MR) is 88.0 cm³/mol. The molecule has 2 heterocycles. The number of pyridine rings is 1. The Kier molecular flexibility index (Phi) is 4.15. The molecule has 3 rings (SSSR count). The molecular formula is C17H14N2O5. The minimum atomic E-state index is -0.647. The number of ether oxygens (including phenoxy) is 1. The van der Waals surface area contributed by atoms with Crippen molar-refractivity contribution in [2.75, 3.05) is 11.9 Å². The summed E-state index contributed by atoms with van der Waals surface area (Å²) in [7, 11) is 0. The monoisotopic (exact) mass is 326 g/mol. The van der Waals surface area contributed by atoms with Crippen molar-refractivity contribution in [1.82, 2.24) is 4.98 Å². The van der Waals surface area contributed by atoms with Crippen molar-refractivity contribution in [3.05, 3.63) is 52.8 Å². The first-order valence-corrected chi connectivity index (χ1v) is 7.24. The number of nitrogens with one attached hydrogen (secondary N) is 1. The number of nitrogens with zero attached hydrogens (tertiary/aromatic N) is 1. The zero-order valence-corrected chi connectivity index (χ0v) is 12.8. The molecule has 0 saturated carbocycles. The Balaban J connectivity index is 2.13. The molecule has 0 unspecified atom stereocenters. The second kappa shape index (κ2) is 6.41. The molecule has 7 heteroatoms. The van der Waals surface area contributed by atoms with E-state index < -0.39 is 6.09 Å². The number of benzene rings is 1. The molecular weight excluding hydrogens is 312 g/mol. The van der Waals surface area contributed by atoms with Crippen molar-refractivity contribution in [3.8, 4) is 17.1 Å². The summed E-state index contributed by atoms with van der Waals surface area (Å²) in [5.74, 6) is 0.136. The Labute approximate surface area is 136 Å². The average molecular weight is 326 g/mol. The van der Waals surface area contributed by atoms with Crippen LogP contribution in [0.5, 0.6) is 5.75 Å². The first-order valence-electron chi connectivity index (χ1n) is 7.24. The minimum Gasteiger partial charge on any atom is -0.508 e. The number of anilines is 1. The van der Waals surface area contributed by atoms with Crippen molar-refractivity contribution >= 4 is 22.9 Å². The third-order valence-electron chi connectivity index (χ3n) is 3.29. The maximum Gasteiger partial charge on any atom is 0.411 e. The van der Waals surface area contributed by atoms with Crippen LogP contribution in [0.15, 0.2) is 51.8 Å². The van der Waals surface area contributed by atoms with Crippen molar-refractivity contribution in [3.63, 3.8) is 0 Å². The van der Waals surface area contributed by atoms with Crippen molar-refractivity contribution < 1.29 is 19.1 Å². The molecule has 1 amide bonds. The molecule has 0 spiro atoms. The molecule has 0 saturated heterocycles. The normalized spacial score (nSPS) is 10.5. The van der Waals surface area contributed by atoms with Gasteiger partial charge < -0.3 is 14.3 Å². The number of phenols is 1. The highest BCUT2D eigenvalue weighted by molar-refractivity contribution is 5.91. The molecule has 0 radical (unpaired) electrons. The van der Waals surface area contributed by atoms with Gasteiger partial charge in [-0.3, -0.25) is 10.1 Å². The molecule has 0 aliphatic rings. The van der Waals surface area contributed by atoms with Gasteiger partial charge in [-0.25, -0.2) is 9.78 Å². The second-order valence-corrected chi connectivity index (χ2v) is 4.91. The molecule has 24 heavy (non-hydrogen) atoms. The van der Waals surface area contributed by atoms with Gasteiger partial charge in [0.05, 0.1) is 17.7 Å². The van der Waals surface area contributed by atoms with E-state index in [-0.39, 0.29) is 29.3 Å². The standard InChI is InChI=1S/C17H14N2O5/c1-2-23-17(22)19-13-6-5-10(20)8-12(13)15-9-14(21)11-4-3-7-18-16(11)24-15/h3-9,20H,2H2,1H3,(H,19,22). The number of carbonyl (C=O) groups is 1. The van der Waals surface area contributed by atoms with Crippen LogP contribution in [-0.4, -0.2) is 22.8 Å². The number of amides is 1. The van der Waals surface area contributed by atoms with Gasteiger partial charge in [0.1, 0.15) is 11.5 Å². The van der Waals surface area contributed by atoms with Crippen LogP contribution in [0.25, 0.3) is 22.4 Å². The van der Waals surface area contributed by atoms with E-state index in [1.54, 1.807) is 19.1 Å². The lowest BCUT2D eigenvalue weighted by Gasteiger charge is -2.11. The molecule has 0 aliphatic carbocycles. The van der Waals surface area contributed by atoms with Crippen LogP contribution in [0.2, 0.25) is 0 Å². The molecule has 3 aromatic rings. The highest BCUT2D eigenvalue weighted by atomic mass is 16.5. The van der Waals surface area contributed by atoms with Gasteiger partial charge >= 0.3 is 6.09 Å². The quantitative estimate of drug-likeness (QED) is 0.717. The number of hydrogen-bond donors (Lipinski definition) is 2. The smallest absolute Gasteiger partial charge is 0.411 e. The van der Waals surface area contributed by atoms with Gasteiger partial charge in [-0.1, -0.05) is 0 Å². The van der Waals surface area contributed by atoms with E-state index in [1.165, 1.54) is 30.5 Å². The first-order chi connectivity index (χ1) is 11.6. The summed E-state index contributed by atoms with van der Waals surface area (Å²) >= 11 is 0. The maximum atomic E-state index is 12.2. The Morgan fingerprint density at radius 1 is 1.33 bits per heavy atom. The van der Waals surface area contributed by atoms with Crippen LogP contribution >= 0.6 is 0 Å². The van der Waals surface area contributed by atoms with Gasteiger partial charge in [0, 0.05) is 17.8 Å². The molecule has 0 bridgehead atoms. The molecule has 0 aliphatic heterocycles. The van der Waals surface area contributed by atoms with Crippen molar-refractivity contribution in [2.45, 2.75) is 6.92 Å². The Morgan fingerprint density at radius 3 is 2.96 bits per heavy atom. The summed E-state index contributed by atoms with van der Waals surface area (Å²) in [4.78, 5) is 27.9. The third kappa shape index (κ3) is 3.05. The topological polar surface area (TPSA) is 102 Å². The number of aromatic nitrogens is 1. The number of carbonyl (C=O) groups excluding carboxylic acids is 1. The molecule has 0 fully saturated rings. The summed E-state index contributed by atoms with van der Waals surface area (Å²) < 4.78 is 10.5. The van der Waals surface area contributed by atoms with Crippen LogP contribution in [0.1, 0.15) is 6.92 Å². The van der Waals surface area contributed by atoms with E-state index in [0.717, 1.165) is 0 Å².